The molecule has 1 unspecified atom stereocenters. The maximum Gasteiger partial charge on any atom is 0.413 e. The van der Waals surface area contributed by atoms with Crippen molar-refractivity contribution in [2.24, 2.45) is 0 Å². The third-order valence-corrected chi connectivity index (χ3v) is 4.60. The van der Waals surface area contributed by atoms with Gasteiger partial charge in [0.15, 0.2) is 6.73 Å². The third-order valence-electron chi connectivity index (χ3n) is 4.60. The number of nitrogens with one attached hydrogen (secondary N) is 1. The first-order valence-corrected chi connectivity index (χ1v) is 8.95. The van der Waals surface area contributed by atoms with Crippen LogP contribution in [-0.2, 0) is 25.7 Å². The van der Waals surface area contributed by atoms with Gasteiger partial charge in [-0.05, 0) is 42.7 Å². The third kappa shape index (κ3) is 4.68. The van der Waals surface area contributed by atoms with Gasteiger partial charge < -0.3 is 14.8 Å². The first kappa shape index (κ1) is 19.4. The van der Waals surface area contributed by atoms with Gasteiger partial charge in [0, 0.05) is 5.69 Å². The van der Waals surface area contributed by atoms with E-state index in [-0.39, 0.29) is 25.7 Å². The van der Waals surface area contributed by atoms with Crippen LogP contribution in [0.25, 0.3) is 0 Å². The summed E-state index contributed by atoms with van der Waals surface area (Å²) in [4.78, 5) is 37.8. The van der Waals surface area contributed by atoms with Crippen molar-refractivity contribution in [2.75, 3.05) is 12.0 Å². The predicted octanol–water partition coefficient (Wildman–Crippen LogP) is 3.15. The highest BCUT2D eigenvalue weighted by molar-refractivity contribution is 5.96. The number of rotatable bonds is 5. The standard InChI is InChI=1S/C21H22N2O5/c1-14-8-9-17(10-15(14)2)22-19(24)11-18-20(25)28-13-23(18)21(26)27-12-16-6-4-3-5-7-16/h3-10,18H,11-13H2,1-2H3,(H,22,24). The molecule has 0 aliphatic carbocycles. The Kier molecular flexibility index (Phi) is 5.93. The molecule has 1 saturated heterocycles. The van der Waals surface area contributed by atoms with Gasteiger partial charge >= 0.3 is 12.1 Å². The molecule has 1 N–H and O–H groups in total. The summed E-state index contributed by atoms with van der Waals surface area (Å²) < 4.78 is 10.2. The Morgan fingerprint density at radius 1 is 1.14 bits per heavy atom. The van der Waals surface area contributed by atoms with E-state index in [0.29, 0.717) is 5.69 Å². The van der Waals surface area contributed by atoms with E-state index in [1.165, 1.54) is 0 Å². The zero-order chi connectivity index (χ0) is 20.1. The summed E-state index contributed by atoms with van der Waals surface area (Å²) in [6.45, 7) is 3.78. The van der Waals surface area contributed by atoms with E-state index in [4.69, 9.17) is 9.47 Å². The normalized spacial score (nSPS) is 15.9. The Morgan fingerprint density at radius 3 is 2.61 bits per heavy atom. The lowest BCUT2D eigenvalue weighted by atomic mass is 10.1. The number of cyclic esters (lactones) is 1. The lowest BCUT2D eigenvalue weighted by molar-refractivity contribution is -0.140. The van der Waals surface area contributed by atoms with E-state index in [2.05, 4.69) is 5.32 Å². The Bertz CT molecular complexity index is 882. The molecule has 2 amide bonds. The summed E-state index contributed by atoms with van der Waals surface area (Å²) in [5, 5.41) is 2.75. The number of anilines is 1. The van der Waals surface area contributed by atoms with E-state index in [1.807, 2.05) is 56.3 Å². The fraction of sp³-hybridized carbons (Fsp3) is 0.286. The maximum absolute atomic E-state index is 12.4. The van der Waals surface area contributed by atoms with Crippen molar-refractivity contribution in [3.05, 3.63) is 65.2 Å². The van der Waals surface area contributed by atoms with Crippen LogP contribution in [0.3, 0.4) is 0 Å². The number of esters is 1. The molecule has 1 aliphatic heterocycles. The molecule has 1 heterocycles. The molecule has 0 saturated carbocycles. The van der Waals surface area contributed by atoms with E-state index >= 15 is 0 Å². The number of carbonyl (C=O) groups excluding carboxylic acids is 3. The van der Waals surface area contributed by atoms with Crippen molar-refractivity contribution in [1.29, 1.82) is 0 Å². The molecule has 7 heteroatoms. The van der Waals surface area contributed by atoms with Gasteiger partial charge in [0.2, 0.25) is 5.91 Å². The van der Waals surface area contributed by atoms with E-state index in [0.717, 1.165) is 21.6 Å². The molecule has 1 fully saturated rings. The van der Waals surface area contributed by atoms with Crippen molar-refractivity contribution in [3.8, 4) is 0 Å². The SMILES string of the molecule is Cc1ccc(NC(=O)CC2C(=O)OCN2C(=O)OCc2ccccc2)cc1C. The molecule has 1 aliphatic rings. The largest absolute Gasteiger partial charge is 0.444 e. The molecular formula is C21H22N2O5. The summed E-state index contributed by atoms with van der Waals surface area (Å²) in [6.07, 6.45) is -0.898. The van der Waals surface area contributed by atoms with Crippen LogP contribution < -0.4 is 5.32 Å². The Labute approximate surface area is 163 Å². The average Bonchev–Trinajstić information content (AvgIpc) is 3.04. The second kappa shape index (κ2) is 8.56. The molecule has 146 valence electrons. The van der Waals surface area contributed by atoms with Crippen molar-refractivity contribution in [2.45, 2.75) is 32.9 Å². The molecule has 1 atom stereocenters. The van der Waals surface area contributed by atoms with Crippen LogP contribution in [0.4, 0.5) is 10.5 Å². The first-order valence-electron chi connectivity index (χ1n) is 8.95. The van der Waals surface area contributed by atoms with Gasteiger partial charge in [0.25, 0.3) is 0 Å². The maximum atomic E-state index is 12.4. The minimum absolute atomic E-state index is 0.0753. The van der Waals surface area contributed by atoms with E-state index in [9.17, 15) is 14.4 Å². The highest BCUT2D eigenvalue weighted by Crippen LogP contribution is 2.19. The van der Waals surface area contributed by atoms with Crippen LogP contribution in [0.15, 0.2) is 48.5 Å². The number of hydrogen-bond acceptors (Lipinski definition) is 5. The number of amides is 2. The predicted molar refractivity (Wildman–Crippen MR) is 102 cm³/mol. The molecule has 0 radical (unpaired) electrons. The smallest absolute Gasteiger partial charge is 0.413 e. The van der Waals surface area contributed by atoms with Crippen molar-refractivity contribution in [3.63, 3.8) is 0 Å². The Balaban J connectivity index is 1.59. The molecule has 28 heavy (non-hydrogen) atoms. The summed E-state index contributed by atoms with van der Waals surface area (Å²) in [7, 11) is 0. The number of aryl methyl sites for hydroxylation is 2. The lowest BCUT2D eigenvalue weighted by Crippen LogP contribution is -2.40. The van der Waals surface area contributed by atoms with Crippen LogP contribution in [0, 0.1) is 13.8 Å². The number of nitrogens with zero attached hydrogens (tertiary/aromatic N) is 1. The first-order chi connectivity index (χ1) is 13.4. The van der Waals surface area contributed by atoms with Crippen LogP contribution >= 0.6 is 0 Å². The van der Waals surface area contributed by atoms with E-state index in [1.54, 1.807) is 6.07 Å². The Hall–Kier alpha value is -3.35. The van der Waals surface area contributed by atoms with Gasteiger partial charge in [-0.25, -0.2) is 9.59 Å². The molecule has 0 aromatic heterocycles. The zero-order valence-electron chi connectivity index (χ0n) is 15.8. The zero-order valence-corrected chi connectivity index (χ0v) is 15.8. The van der Waals surface area contributed by atoms with Gasteiger partial charge in [0.1, 0.15) is 12.6 Å². The quantitative estimate of drug-likeness (QED) is 0.803. The highest BCUT2D eigenvalue weighted by Gasteiger charge is 2.40. The number of hydrogen-bond donors (Lipinski definition) is 1. The van der Waals surface area contributed by atoms with E-state index < -0.39 is 18.1 Å². The molecule has 2 aromatic carbocycles. The molecular weight excluding hydrogens is 360 g/mol. The summed E-state index contributed by atoms with van der Waals surface area (Å²) in [6, 6.07) is 13.7. The summed E-state index contributed by atoms with van der Waals surface area (Å²) in [5.41, 5.74) is 3.62. The van der Waals surface area contributed by atoms with Crippen LogP contribution in [0.1, 0.15) is 23.1 Å². The number of carbonyl (C=O) groups is 3. The molecule has 0 spiro atoms. The van der Waals surface area contributed by atoms with Gasteiger partial charge in [-0.3, -0.25) is 9.69 Å². The molecule has 7 nitrogen and oxygen atoms in total. The molecule has 0 bridgehead atoms. The molecule has 3 rings (SSSR count). The van der Waals surface area contributed by atoms with Gasteiger partial charge in [0.05, 0.1) is 6.42 Å². The van der Waals surface area contributed by atoms with Gasteiger partial charge in [-0.1, -0.05) is 36.4 Å². The number of ether oxygens (including phenoxy) is 2. The minimum Gasteiger partial charge on any atom is -0.444 e. The van der Waals surface area contributed by atoms with Crippen molar-refractivity contribution in [1.82, 2.24) is 4.90 Å². The fourth-order valence-corrected chi connectivity index (χ4v) is 2.83. The second-order valence-corrected chi connectivity index (χ2v) is 6.67. The van der Waals surface area contributed by atoms with Crippen LogP contribution in [0.2, 0.25) is 0 Å². The fourth-order valence-electron chi connectivity index (χ4n) is 2.83. The second-order valence-electron chi connectivity index (χ2n) is 6.67. The highest BCUT2D eigenvalue weighted by atomic mass is 16.6. The summed E-state index contributed by atoms with van der Waals surface area (Å²) in [5.74, 6) is -1.00. The molecule has 2 aromatic rings. The van der Waals surface area contributed by atoms with Crippen LogP contribution in [0.5, 0.6) is 0 Å². The van der Waals surface area contributed by atoms with Crippen LogP contribution in [-0.4, -0.2) is 35.6 Å². The van der Waals surface area contributed by atoms with Crippen molar-refractivity contribution >= 4 is 23.7 Å². The summed E-state index contributed by atoms with van der Waals surface area (Å²) >= 11 is 0. The average molecular weight is 382 g/mol. The van der Waals surface area contributed by atoms with Crippen molar-refractivity contribution < 1.29 is 23.9 Å². The minimum atomic E-state index is -1.00. The Morgan fingerprint density at radius 2 is 1.89 bits per heavy atom. The van der Waals surface area contributed by atoms with Gasteiger partial charge in [-0.15, -0.1) is 0 Å². The van der Waals surface area contributed by atoms with Gasteiger partial charge in [-0.2, -0.15) is 0 Å². The lowest BCUT2D eigenvalue weighted by Gasteiger charge is -2.19. The topological polar surface area (TPSA) is 84.9 Å². The monoisotopic (exact) mass is 382 g/mol. The number of benzene rings is 2.